The summed E-state index contributed by atoms with van der Waals surface area (Å²) in [6.07, 6.45) is 4.30. The highest BCUT2D eigenvalue weighted by Crippen LogP contribution is 2.61. The number of para-hydroxylation sites is 1. The maximum Gasteiger partial charge on any atom is 0.270 e. The van der Waals surface area contributed by atoms with E-state index in [0.717, 1.165) is 16.0 Å². The van der Waals surface area contributed by atoms with Crippen molar-refractivity contribution in [2.75, 3.05) is 91.1 Å². The molecule has 2 aromatic carbocycles. The number of benzene rings is 2. The summed E-state index contributed by atoms with van der Waals surface area (Å²) in [5.41, 5.74) is 4.22. The van der Waals surface area contributed by atoms with E-state index in [-0.39, 0.29) is 20.9 Å². The summed E-state index contributed by atoms with van der Waals surface area (Å²) in [7, 11) is 2.14. The average molecular weight is 614 g/mol. The highest BCUT2D eigenvalue weighted by atomic mass is 32.2. The fraction of sp³-hybridized carbons (Fsp3) is 0.562. The zero-order valence-electron chi connectivity index (χ0n) is 25.4. The van der Waals surface area contributed by atoms with Gasteiger partial charge in [-0.3, -0.25) is 15.0 Å². The van der Waals surface area contributed by atoms with Gasteiger partial charge in [0.25, 0.3) is 5.69 Å². The van der Waals surface area contributed by atoms with Crippen LogP contribution in [0, 0.1) is 10.1 Å². The molecule has 3 aliphatic heterocycles. The molecule has 234 valence electrons. The summed E-state index contributed by atoms with van der Waals surface area (Å²) >= 11 is 1.79. The molecule has 3 heterocycles. The third-order valence-electron chi connectivity index (χ3n) is 8.45. The summed E-state index contributed by atoms with van der Waals surface area (Å²) in [6.45, 7) is 11.5. The molecule has 43 heavy (non-hydrogen) atoms. The van der Waals surface area contributed by atoms with Gasteiger partial charge in [-0.1, -0.05) is 49.9 Å². The van der Waals surface area contributed by atoms with Crippen LogP contribution in [-0.2, 0) is 35.6 Å². The van der Waals surface area contributed by atoms with E-state index in [9.17, 15) is 10.1 Å². The van der Waals surface area contributed by atoms with Crippen molar-refractivity contribution in [1.29, 1.82) is 0 Å². The number of likely N-dealkylation sites (N-methyl/N-ethyl adjacent to an activating group) is 1. The van der Waals surface area contributed by atoms with Crippen molar-refractivity contribution in [3.05, 3.63) is 69.3 Å². The lowest BCUT2D eigenvalue weighted by Crippen LogP contribution is -2.50. The summed E-state index contributed by atoms with van der Waals surface area (Å²) < 4.78 is 28.4. The highest BCUT2D eigenvalue weighted by molar-refractivity contribution is 8.01. The summed E-state index contributed by atoms with van der Waals surface area (Å²) in [4.78, 5) is 17.0. The molecule has 1 spiro atoms. The standard InChI is InChI=1S/C32H43N3O7S/c1-31(2)28-6-4-5-7-29(28)33(3)32(31)9-8-25-22-27(35(36)37)23-26(30(25)43-32)24-34-10-12-38-14-16-40-18-20-42-21-19-41-17-15-39-13-11-34/h4-9,22-23H,10-21,24H2,1-3H3. The number of fused-ring (bicyclic) bond motifs is 2. The molecule has 1 atom stereocenters. The zero-order valence-corrected chi connectivity index (χ0v) is 26.2. The lowest BCUT2D eigenvalue weighted by atomic mass is 9.79. The number of ether oxygens (including phenoxy) is 5. The molecule has 0 saturated carbocycles. The van der Waals surface area contributed by atoms with E-state index in [4.69, 9.17) is 23.7 Å². The zero-order chi connectivity index (χ0) is 30.3. The molecule has 0 aliphatic carbocycles. The Morgan fingerprint density at radius 1 is 0.860 bits per heavy atom. The Bertz CT molecular complexity index is 1270. The van der Waals surface area contributed by atoms with E-state index < -0.39 is 0 Å². The van der Waals surface area contributed by atoms with Crippen LogP contribution in [0.2, 0.25) is 0 Å². The number of non-ortho nitro benzene ring substituents is 1. The molecule has 0 radical (unpaired) electrons. The van der Waals surface area contributed by atoms with Gasteiger partial charge >= 0.3 is 0 Å². The van der Waals surface area contributed by atoms with Gasteiger partial charge in [-0.05, 0) is 28.8 Å². The second-order valence-corrected chi connectivity index (χ2v) is 12.7. The quantitative estimate of drug-likeness (QED) is 0.357. The molecule has 0 bridgehead atoms. The number of rotatable bonds is 3. The van der Waals surface area contributed by atoms with Gasteiger partial charge in [-0.15, -0.1) is 0 Å². The minimum atomic E-state index is -0.376. The predicted molar refractivity (Wildman–Crippen MR) is 168 cm³/mol. The number of thioether (sulfide) groups is 1. The number of nitro benzene ring substituents is 1. The van der Waals surface area contributed by atoms with Crippen LogP contribution in [-0.4, -0.2) is 101 Å². The maximum absolute atomic E-state index is 12.0. The summed E-state index contributed by atoms with van der Waals surface area (Å²) in [6, 6.07) is 12.0. The number of nitrogens with zero attached hydrogens (tertiary/aromatic N) is 3. The van der Waals surface area contributed by atoms with Crippen molar-refractivity contribution in [3.8, 4) is 0 Å². The molecule has 11 heteroatoms. The smallest absolute Gasteiger partial charge is 0.270 e. The molecular weight excluding hydrogens is 570 g/mol. The first kappa shape index (κ1) is 31.9. The lowest BCUT2D eigenvalue weighted by molar-refractivity contribution is -0.385. The van der Waals surface area contributed by atoms with Gasteiger partial charge in [0.2, 0.25) is 0 Å². The fourth-order valence-corrected chi connectivity index (χ4v) is 7.59. The fourth-order valence-electron chi connectivity index (χ4n) is 6.04. The van der Waals surface area contributed by atoms with Gasteiger partial charge in [0.15, 0.2) is 0 Å². The Morgan fingerprint density at radius 2 is 1.42 bits per heavy atom. The van der Waals surface area contributed by atoms with Crippen LogP contribution >= 0.6 is 11.8 Å². The first-order valence-corrected chi connectivity index (χ1v) is 15.8. The Balaban J connectivity index is 1.38. The number of anilines is 1. The summed E-state index contributed by atoms with van der Waals surface area (Å²) in [5.74, 6) is 0. The van der Waals surface area contributed by atoms with Gasteiger partial charge in [0.05, 0.1) is 71.0 Å². The maximum atomic E-state index is 12.0. The molecular formula is C32H43N3O7S. The van der Waals surface area contributed by atoms with Gasteiger partial charge in [0, 0.05) is 54.8 Å². The van der Waals surface area contributed by atoms with Crippen molar-refractivity contribution >= 4 is 29.2 Å². The van der Waals surface area contributed by atoms with Crippen molar-refractivity contribution in [1.82, 2.24) is 4.90 Å². The van der Waals surface area contributed by atoms with E-state index in [1.165, 1.54) is 11.3 Å². The van der Waals surface area contributed by atoms with Crippen LogP contribution in [0.1, 0.15) is 30.5 Å². The molecule has 1 saturated heterocycles. The normalized spacial score (nSPS) is 24.2. The predicted octanol–water partition coefficient (Wildman–Crippen LogP) is 4.74. The van der Waals surface area contributed by atoms with Crippen LogP contribution < -0.4 is 4.90 Å². The molecule has 0 amide bonds. The Labute approximate surface area is 258 Å². The van der Waals surface area contributed by atoms with Gasteiger partial charge in [-0.25, -0.2) is 0 Å². The van der Waals surface area contributed by atoms with E-state index >= 15 is 0 Å². The minimum Gasteiger partial charge on any atom is -0.378 e. The molecule has 0 aromatic heterocycles. The SMILES string of the molecule is CN1c2ccccc2C(C)(C)C12C=Cc1cc([N+](=O)[O-])cc(CN3CCOCCOCCOCCOCCOCC3)c1S2. The molecule has 1 fully saturated rings. The van der Waals surface area contributed by atoms with Crippen molar-refractivity contribution in [2.45, 2.75) is 35.6 Å². The van der Waals surface area contributed by atoms with E-state index in [1.54, 1.807) is 23.9 Å². The van der Waals surface area contributed by atoms with Crippen LogP contribution in [0.3, 0.4) is 0 Å². The Hall–Kier alpha value is -2.51. The molecule has 5 rings (SSSR count). The second kappa shape index (κ2) is 14.5. The first-order valence-electron chi connectivity index (χ1n) is 15.0. The molecule has 0 N–H and O–H groups in total. The van der Waals surface area contributed by atoms with E-state index in [1.807, 2.05) is 0 Å². The van der Waals surface area contributed by atoms with Gasteiger partial charge in [-0.2, -0.15) is 0 Å². The Morgan fingerprint density at radius 3 is 1.98 bits per heavy atom. The van der Waals surface area contributed by atoms with Crippen LogP contribution in [0.5, 0.6) is 0 Å². The molecule has 2 aromatic rings. The van der Waals surface area contributed by atoms with Gasteiger partial charge in [0.1, 0.15) is 4.87 Å². The monoisotopic (exact) mass is 613 g/mol. The summed E-state index contributed by atoms with van der Waals surface area (Å²) in [5, 5.41) is 12.0. The minimum absolute atomic E-state index is 0.101. The third kappa shape index (κ3) is 7.09. The number of hydrogen-bond acceptors (Lipinski definition) is 10. The lowest BCUT2D eigenvalue weighted by Gasteiger charge is -2.46. The highest BCUT2D eigenvalue weighted by Gasteiger charge is 2.56. The van der Waals surface area contributed by atoms with Crippen molar-refractivity contribution in [2.24, 2.45) is 0 Å². The number of nitro groups is 1. The van der Waals surface area contributed by atoms with Crippen LogP contribution in [0.4, 0.5) is 11.4 Å². The van der Waals surface area contributed by atoms with Crippen LogP contribution in [0.15, 0.2) is 47.4 Å². The first-order chi connectivity index (χ1) is 20.8. The third-order valence-corrected chi connectivity index (χ3v) is 10.4. The Kier molecular flexibility index (Phi) is 10.8. The second-order valence-electron chi connectivity index (χ2n) is 11.5. The van der Waals surface area contributed by atoms with E-state index in [0.29, 0.717) is 85.7 Å². The molecule has 10 nitrogen and oxygen atoms in total. The average Bonchev–Trinajstić information content (AvgIpc) is 3.16. The van der Waals surface area contributed by atoms with Crippen molar-refractivity contribution < 1.29 is 28.6 Å². The van der Waals surface area contributed by atoms with E-state index in [2.05, 4.69) is 67.1 Å². The number of hydrogen-bond donors (Lipinski definition) is 0. The van der Waals surface area contributed by atoms with Crippen molar-refractivity contribution in [3.63, 3.8) is 0 Å². The van der Waals surface area contributed by atoms with Gasteiger partial charge < -0.3 is 28.6 Å². The molecule has 1 unspecified atom stereocenters. The van der Waals surface area contributed by atoms with Crippen LogP contribution in [0.25, 0.3) is 6.08 Å². The topological polar surface area (TPSA) is 95.8 Å². The largest absolute Gasteiger partial charge is 0.378 e. The molecule has 3 aliphatic rings.